The van der Waals surface area contributed by atoms with Gasteiger partial charge < -0.3 is 25.0 Å². The molecule has 1 amide bonds. The molecule has 0 spiro atoms. The maximum Gasteiger partial charge on any atom is 0.243 e. The van der Waals surface area contributed by atoms with Crippen LogP contribution in [0, 0.1) is 0 Å². The van der Waals surface area contributed by atoms with Crippen LogP contribution >= 0.6 is 0 Å². The van der Waals surface area contributed by atoms with E-state index in [0.717, 1.165) is 29.9 Å². The second-order valence-electron chi connectivity index (χ2n) is 7.35. The Kier molecular flexibility index (Phi) is 7.54. The van der Waals surface area contributed by atoms with Crippen LogP contribution in [0.4, 0.5) is 0 Å². The molecule has 7 heteroatoms. The number of fused-ring (bicyclic) bond motifs is 1. The zero-order valence-corrected chi connectivity index (χ0v) is 17.9. The molecule has 0 saturated heterocycles. The first-order chi connectivity index (χ1) is 14.6. The highest BCUT2D eigenvalue weighted by molar-refractivity contribution is 5.85. The van der Waals surface area contributed by atoms with E-state index < -0.39 is 0 Å². The van der Waals surface area contributed by atoms with E-state index in [1.165, 1.54) is 5.56 Å². The van der Waals surface area contributed by atoms with Gasteiger partial charge in [0.15, 0.2) is 5.96 Å². The van der Waals surface area contributed by atoms with Crippen molar-refractivity contribution in [1.29, 1.82) is 0 Å². The molecule has 2 aromatic carbocycles. The SMILES string of the molecule is COc1ccc(CCNC(=NCC(=O)N(C)C)NC2CCOc3ccccc32)cc1. The van der Waals surface area contributed by atoms with Crippen molar-refractivity contribution in [2.75, 3.05) is 40.9 Å². The minimum absolute atomic E-state index is 0.0429. The summed E-state index contributed by atoms with van der Waals surface area (Å²) in [6, 6.07) is 16.1. The molecular formula is C23H30N4O3. The summed E-state index contributed by atoms with van der Waals surface area (Å²) in [5.41, 5.74) is 2.30. The van der Waals surface area contributed by atoms with Crippen molar-refractivity contribution < 1.29 is 14.3 Å². The Labute approximate surface area is 178 Å². The predicted molar refractivity (Wildman–Crippen MR) is 118 cm³/mol. The molecule has 1 aliphatic rings. The molecule has 1 aliphatic heterocycles. The molecule has 0 bridgehead atoms. The summed E-state index contributed by atoms with van der Waals surface area (Å²) in [6.45, 7) is 1.43. The minimum Gasteiger partial charge on any atom is -0.497 e. The van der Waals surface area contributed by atoms with Crippen molar-refractivity contribution in [1.82, 2.24) is 15.5 Å². The molecule has 0 radical (unpaired) electrons. The lowest BCUT2D eigenvalue weighted by Gasteiger charge is -2.28. The van der Waals surface area contributed by atoms with Gasteiger partial charge in [-0.1, -0.05) is 30.3 Å². The van der Waals surface area contributed by atoms with Gasteiger partial charge in [-0.15, -0.1) is 0 Å². The summed E-state index contributed by atoms with van der Waals surface area (Å²) < 4.78 is 11.0. The number of nitrogens with zero attached hydrogens (tertiary/aromatic N) is 2. The van der Waals surface area contributed by atoms with Crippen LogP contribution in [0.1, 0.15) is 23.6 Å². The van der Waals surface area contributed by atoms with Gasteiger partial charge in [0.1, 0.15) is 18.0 Å². The number of ether oxygens (including phenoxy) is 2. The number of guanidine groups is 1. The lowest BCUT2D eigenvalue weighted by molar-refractivity contribution is -0.127. The second kappa shape index (κ2) is 10.5. The molecule has 30 heavy (non-hydrogen) atoms. The summed E-state index contributed by atoms with van der Waals surface area (Å²) in [6.07, 6.45) is 1.66. The number of rotatable bonds is 7. The maximum atomic E-state index is 12.0. The summed E-state index contributed by atoms with van der Waals surface area (Å²) in [5.74, 6) is 2.32. The maximum absolute atomic E-state index is 12.0. The van der Waals surface area contributed by atoms with E-state index in [2.05, 4.69) is 33.8 Å². The predicted octanol–water partition coefficient (Wildman–Crippen LogP) is 2.38. The van der Waals surface area contributed by atoms with Crippen molar-refractivity contribution in [3.63, 3.8) is 0 Å². The van der Waals surface area contributed by atoms with Gasteiger partial charge in [-0.05, 0) is 30.2 Å². The smallest absolute Gasteiger partial charge is 0.243 e. The highest BCUT2D eigenvalue weighted by Gasteiger charge is 2.22. The van der Waals surface area contributed by atoms with Gasteiger partial charge in [0.05, 0.1) is 19.8 Å². The van der Waals surface area contributed by atoms with Crippen molar-refractivity contribution in [2.24, 2.45) is 4.99 Å². The van der Waals surface area contributed by atoms with Crippen molar-refractivity contribution in [3.05, 3.63) is 59.7 Å². The number of para-hydroxylation sites is 1. The molecule has 7 nitrogen and oxygen atoms in total. The normalized spacial score (nSPS) is 15.6. The molecule has 160 valence electrons. The van der Waals surface area contributed by atoms with Gasteiger partial charge in [-0.3, -0.25) is 4.79 Å². The first-order valence-corrected chi connectivity index (χ1v) is 10.2. The highest BCUT2D eigenvalue weighted by Crippen LogP contribution is 2.31. The molecule has 0 saturated carbocycles. The number of benzene rings is 2. The van der Waals surface area contributed by atoms with E-state index >= 15 is 0 Å². The third kappa shape index (κ3) is 5.89. The van der Waals surface area contributed by atoms with Crippen molar-refractivity contribution in [3.8, 4) is 11.5 Å². The zero-order valence-electron chi connectivity index (χ0n) is 17.9. The first kappa shape index (κ1) is 21.5. The largest absolute Gasteiger partial charge is 0.497 e. The molecule has 0 fully saturated rings. The van der Waals surface area contributed by atoms with Gasteiger partial charge in [0.25, 0.3) is 0 Å². The van der Waals surface area contributed by atoms with E-state index in [9.17, 15) is 4.79 Å². The van der Waals surface area contributed by atoms with E-state index in [4.69, 9.17) is 9.47 Å². The number of hydrogen-bond acceptors (Lipinski definition) is 4. The Balaban J connectivity index is 1.66. The van der Waals surface area contributed by atoms with Crippen molar-refractivity contribution in [2.45, 2.75) is 18.9 Å². The van der Waals surface area contributed by atoms with E-state index in [1.807, 2.05) is 30.3 Å². The molecular weight excluding hydrogens is 380 g/mol. The number of carbonyl (C=O) groups excluding carboxylic acids is 1. The monoisotopic (exact) mass is 410 g/mol. The Morgan fingerprint density at radius 1 is 1.20 bits per heavy atom. The Hall–Kier alpha value is -3.22. The van der Waals surface area contributed by atoms with Crippen LogP contribution in [0.2, 0.25) is 0 Å². The zero-order chi connectivity index (χ0) is 21.3. The van der Waals surface area contributed by atoms with E-state index in [-0.39, 0.29) is 18.5 Å². The van der Waals surface area contributed by atoms with Gasteiger partial charge in [-0.2, -0.15) is 0 Å². The average Bonchev–Trinajstić information content (AvgIpc) is 2.77. The fourth-order valence-corrected chi connectivity index (χ4v) is 3.22. The standard InChI is InChI=1S/C23H30N4O3/c1-27(2)22(28)16-25-23(24-14-12-17-8-10-18(29-3)11-9-17)26-20-13-15-30-21-7-5-4-6-19(20)21/h4-11,20H,12-16H2,1-3H3,(H2,24,25,26). The van der Waals surface area contributed by atoms with Crippen LogP contribution in [0.25, 0.3) is 0 Å². The fourth-order valence-electron chi connectivity index (χ4n) is 3.22. The molecule has 1 atom stereocenters. The Morgan fingerprint density at radius 3 is 2.70 bits per heavy atom. The number of aliphatic imine (C=N–C) groups is 1. The van der Waals surface area contributed by atoms with Crippen LogP contribution in [0.15, 0.2) is 53.5 Å². The number of amides is 1. The van der Waals surface area contributed by atoms with E-state index in [1.54, 1.807) is 26.1 Å². The van der Waals surface area contributed by atoms with Crippen LogP contribution in [-0.2, 0) is 11.2 Å². The summed E-state index contributed by atoms with van der Waals surface area (Å²) in [5, 5.41) is 6.84. The summed E-state index contributed by atoms with van der Waals surface area (Å²) in [7, 11) is 5.13. The lowest BCUT2D eigenvalue weighted by Crippen LogP contribution is -2.42. The van der Waals surface area contributed by atoms with Gasteiger partial charge >= 0.3 is 0 Å². The average molecular weight is 411 g/mol. The molecule has 2 aromatic rings. The highest BCUT2D eigenvalue weighted by atomic mass is 16.5. The first-order valence-electron chi connectivity index (χ1n) is 10.2. The number of hydrogen-bond donors (Lipinski definition) is 2. The molecule has 0 aliphatic carbocycles. The van der Waals surface area contributed by atoms with Crippen LogP contribution in [0.3, 0.4) is 0 Å². The van der Waals surface area contributed by atoms with Gasteiger partial charge in [0.2, 0.25) is 5.91 Å². The molecule has 1 unspecified atom stereocenters. The second-order valence-corrected chi connectivity index (χ2v) is 7.35. The summed E-state index contributed by atoms with van der Waals surface area (Å²) >= 11 is 0. The quantitative estimate of drug-likeness (QED) is 0.542. The molecule has 0 aromatic heterocycles. The number of likely N-dealkylation sites (N-methyl/N-ethyl adjacent to an activating group) is 1. The van der Waals surface area contributed by atoms with Crippen LogP contribution in [0.5, 0.6) is 11.5 Å². The summed E-state index contributed by atoms with van der Waals surface area (Å²) in [4.78, 5) is 18.1. The third-order valence-corrected chi connectivity index (χ3v) is 5.01. The Bertz CT molecular complexity index is 865. The third-order valence-electron chi connectivity index (χ3n) is 5.01. The molecule has 2 N–H and O–H groups in total. The minimum atomic E-state index is -0.0429. The van der Waals surface area contributed by atoms with Crippen molar-refractivity contribution >= 4 is 11.9 Å². The number of nitrogens with one attached hydrogen (secondary N) is 2. The van der Waals surface area contributed by atoms with Gasteiger partial charge in [0, 0.05) is 32.6 Å². The van der Waals surface area contributed by atoms with Crippen LogP contribution < -0.4 is 20.1 Å². The lowest BCUT2D eigenvalue weighted by atomic mass is 10.0. The number of methoxy groups -OCH3 is 1. The van der Waals surface area contributed by atoms with Gasteiger partial charge in [-0.25, -0.2) is 4.99 Å². The molecule has 3 rings (SSSR count). The Morgan fingerprint density at radius 2 is 1.97 bits per heavy atom. The fraction of sp³-hybridized carbons (Fsp3) is 0.391. The number of carbonyl (C=O) groups is 1. The molecule has 1 heterocycles. The topological polar surface area (TPSA) is 75.2 Å². The van der Waals surface area contributed by atoms with Crippen LogP contribution in [-0.4, -0.2) is 57.7 Å². The van der Waals surface area contributed by atoms with E-state index in [0.29, 0.717) is 19.1 Å².